The summed E-state index contributed by atoms with van der Waals surface area (Å²) in [4.78, 5) is 6.39. The van der Waals surface area contributed by atoms with Crippen molar-refractivity contribution in [2.24, 2.45) is 5.41 Å². The van der Waals surface area contributed by atoms with Gasteiger partial charge in [-0.05, 0) is 50.0 Å². The Morgan fingerprint density at radius 3 is 2.61 bits per heavy atom. The highest BCUT2D eigenvalue weighted by atomic mass is 35.5. The molecule has 1 aromatic heterocycles. The van der Waals surface area contributed by atoms with Crippen molar-refractivity contribution in [3.05, 3.63) is 10.4 Å². The summed E-state index contributed by atoms with van der Waals surface area (Å²) in [6, 6.07) is 0. The van der Waals surface area contributed by atoms with E-state index in [1.54, 1.807) is 0 Å². The van der Waals surface area contributed by atoms with Crippen molar-refractivity contribution in [3.8, 4) is 0 Å². The van der Waals surface area contributed by atoms with Gasteiger partial charge in [0.2, 0.25) is 5.28 Å². The zero-order valence-electron chi connectivity index (χ0n) is 10.6. The molecule has 0 saturated carbocycles. The molecule has 0 aliphatic carbocycles. The Morgan fingerprint density at radius 1 is 1.28 bits per heavy atom. The van der Waals surface area contributed by atoms with Gasteiger partial charge in [0, 0.05) is 6.54 Å². The van der Waals surface area contributed by atoms with E-state index < -0.39 is 0 Å². The molecular formula is C11H17Cl2N5. The molecule has 1 aliphatic rings. The van der Waals surface area contributed by atoms with Gasteiger partial charge in [0.15, 0.2) is 11.0 Å². The van der Waals surface area contributed by atoms with Gasteiger partial charge in [0.05, 0.1) is 0 Å². The fraction of sp³-hybridized carbons (Fsp3) is 0.727. The standard InChI is InChI=1S/C11H17Cl2N5/c1-11(3-5-18(2)6-4-11)7-14-9-8(12)16-17-10(13)15-9/h3-7H2,1-2H3,(H,14,15,17). The minimum atomic E-state index is 0.107. The summed E-state index contributed by atoms with van der Waals surface area (Å²) in [5.74, 6) is 0.511. The van der Waals surface area contributed by atoms with Crippen molar-refractivity contribution in [2.75, 3.05) is 32.0 Å². The Bertz CT molecular complexity index is 418. The van der Waals surface area contributed by atoms with Gasteiger partial charge < -0.3 is 10.2 Å². The van der Waals surface area contributed by atoms with Crippen LogP contribution >= 0.6 is 23.2 Å². The summed E-state index contributed by atoms with van der Waals surface area (Å²) in [5, 5.41) is 10.9. The van der Waals surface area contributed by atoms with Crippen molar-refractivity contribution in [3.63, 3.8) is 0 Å². The molecule has 1 N–H and O–H groups in total. The fourth-order valence-electron chi connectivity index (χ4n) is 2.04. The number of hydrogen-bond acceptors (Lipinski definition) is 5. The van der Waals surface area contributed by atoms with E-state index in [0.717, 1.165) is 32.5 Å². The molecule has 0 unspecified atom stereocenters. The lowest BCUT2D eigenvalue weighted by molar-refractivity contribution is 0.150. The first-order chi connectivity index (χ1) is 8.48. The molecular weight excluding hydrogens is 273 g/mol. The van der Waals surface area contributed by atoms with Crippen LogP contribution < -0.4 is 5.32 Å². The van der Waals surface area contributed by atoms with Gasteiger partial charge in [-0.15, -0.1) is 10.2 Å². The average Bonchev–Trinajstić information content (AvgIpc) is 2.35. The lowest BCUT2D eigenvalue weighted by Crippen LogP contribution is -2.40. The van der Waals surface area contributed by atoms with Gasteiger partial charge in [0.25, 0.3) is 0 Å². The number of nitrogens with zero attached hydrogens (tertiary/aromatic N) is 4. The number of nitrogens with one attached hydrogen (secondary N) is 1. The maximum atomic E-state index is 5.92. The maximum absolute atomic E-state index is 5.92. The second-order valence-corrected chi connectivity index (χ2v) is 5.88. The third kappa shape index (κ3) is 3.43. The van der Waals surface area contributed by atoms with Crippen LogP contribution in [0.3, 0.4) is 0 Å². The van der Waals surface area contributed by atoms with Crippen molar-refractivity contribution in [2.45, 2.75) is 19.8 Å². The molecule has 1 aliphatic heterocycles. The topological polar surface area (TPSA) is 53.9 Å². The molecule has 100 valence electrons. The molecule has 7 heteroatoms. The van der Waals surface area contributed by atoms with Gasteiger partial charge >= 0.3 is 0 Å². The summed E-state index contributed by atoms with van der Waals surface area (Å²) in [6.07, 6.45) is 2.31. The highest BCUT2D eigenvalue weighted by Gasteiger charge is 2.28. The summed E-state index contributed by atoms with van der Waals surface area (Å²) in [7, 11) is 2.15. The third-order valence-electron chi connectivity index (χ3n) is 3.50. The van der Waals surface area contributed by atoms with E-state index in [2.05, 4.69) is 39.4 Å². The van der Waals surface area contributed by atoms with Crippen LogP contribution in [0.5, 0.6) is 0 Å². The number of likely N-dealkylation sites (tertiary alicyclic amines) is 1. The molecule has 0 atom stereocenters. The van der Waals surface area contributed by atoms with Crippen molar-refractivity contribution in [1.29, 1.82) is 0 Å². The van der Waals surface area contributed by atoms with Crippen LogP contribution in [0.2, 0.25) is 10.4 Å². The molecule has 0 aromatic carbocycles. The van der Waals surface area contributed by atoms with Gasteiger partial charge in [-0.25, -0.2) is 0 Å². The van der Waals surface area contributed by atoms with Crippen LogP contribution in [0, 0.1) is 5.41 Å². The Balaban J connectivity index is 1.96. The van der Waals surface area contributed by atoms with Crippen LogP contribution in [-0.4, -0.2) is 46.8 Å². The van der Waals surface area contributed by atoms with E-state index >= 15 is 0 Å². The van der Waals surface area contributed by atoms with Crippen molar-refractivity contribution < 1.29 is 0 Å². The Kier molecular flexibility index (Phi) is 4.25. The summed E-state index contributed by atoms with van der Waals surface area (Å²) < 4.78 is 0. The molecule has 0 amide bonds. The van der Waals surface area contributed by atoms with Crippen molar-refractivity contribution in [1.82, 2.24) is 20.1 Å². The van der Waals surface area contributed by atoms with Crippen LogP contribution in [0.15, 0.2) is 0 Å². The largest absolute Gasteiger partial charge is 0.367 e. The number of anilines is 1. The molecule has 0 radical (unpaired) electrons. The number of hydrogen-bond donors (Lipinski definition) is 1. The van der Waals surface area contributed by atoms with E-state index in [1.807, 2.05) is 0 Å². The minimum Gasteiger partial charge on any atom is -0.367 e. The summed E-state index contributed by atoms with van der Waals surface area (Å²) in [6.45, 7) is 5.33. The zero-order valence-corrected chi connectivity index (χ0v) is 12.1. The van der Waals surface area contributed by atoms with E-state index in [-0.39, 0.29) is 15.9 Å². The predicted octanol–water partition coefficient (Wildman–Crippen LogP) is 2.32. The molecule has 1 aromatic rings. The second kappa shape index (κ2) is 5.55. The SMILES string of the molecule is CN1CCC(C)(CNc2nc(Cl)nnc2Cl)CC1. The molecule has 0 bridgehead atoms. The second-order valence-electron chi connectivity index (χ2n) is 5.19. The van der Waals surface area contributed by atoms with Crippen LogP contribution in [0.1, 0.15) is 19.8 Å². The Labute approximate surface area is 117 Å². The summed E-state index contributed by atoms with van der Waals surface area (Å²) >= 11 is 11.6. The maximum Gasteiger partial charge on any atom is 0.245 e. The summed E-state index contributed by atoms with van der Waals surface area (Å²) in [5.41, 5.74) is 0.257. The molecule has 18 heavy (non-hydrogen) atoms. The van der Waals surface area contributed by atoms with E-state index in [4.69, 9.17) is 23.2 Å². The van der Waals surface area contributed by atoms with Gasteiger partial charge in [-0.1, -0.05) is 18.5 Å². The van der Waals surface area contributed by atoms with Gasteiger partial charge in [-0.3, -0.25) is 0 Å². The van der Waals surface area contributed by atoms with Crippen LogP contribution in [-0.2, 0) is 0 Å². The lowest BCUT2D eigenvalue weighted by atomic mass is 9.80. The fourth-order valence-corrected chi connectivity index (χ4v) is 2.31. The average molecular weight is 290 g/mol. The number of piperidine rings is 1. The van der Waals surface area contributed by atoms with Gasteiger partial charge in [0.1, 0.15) is 0 Å². The lowest BCUT2D eigenvalue weighted by Gasteiger charge is -2.38. The van der Waals surface area contributed by atoms with Crippen LogP contribution in [0.25, 0.3) is 0 Å². The highest BCUT2D eigenvalue weighted by Crippen LogP contribution is 2.31. The van der Waals surface area contributed by atoms with E-state index in [1.165, 1.54) is 0 Å². The molecule has 5 nitrogen and oxygen atoms in total. The first-order valence-corrected chi connectivity index (χ1v) is 6.72. The molecule has 1 saturated heterocycles. The van der Waals surface area contributed by atoms with E-state index in [0.29, 0.717) is 5.82 Å². The molecule has 2 heterocycles. The molecule has 1 fully saturated rings. The number of halogens is 2. The first kappa shape index (κ1) is 13.8. The number of aromatic nitrogens is 3. The van der Waals surface area contributed by atoms with Crippen LogP contribution in [0.4, 0.5) is 5.82 Å². The quantitative estimate of drug-likeness (QED) is 0.926. The normalized spacial score (nSPS) is 19.8. The monoisotopic (exact) mass is 289 g/mol. The Hall–Kier alpha value is -0.650. The highest BCUT2D eigenvalue weighted by molar-refractivity contribution is 6.32. The Morgan fingerprint density at radius 2 is 1.94 bits per heavy atom. The van der Waals surface area contributed by atoms with Crippen molar-refractivity contribution >= 4 is 29.0 Å². The van der Waals surface area contributed by atoms with E-state index in [9.17, 15) is 0 Å². The smallest absolute Gasteiger partial charge is 0.245 e. The van der Waals surface area contributed by atoms with Gasteiger partial charge in [-0.2, -0.15) is 4.98 Å². The zero-order chi connectivity index (χ0) is 13.2. The molecule has 0 spiro atoms. The third-order valence-corrected chi connectivity index (χ3v) is 3.91. The number of rotatable bonds is 3. The molecule has 2 rings (SSSR count). The minimum absolute atomic E-state index is 0.107. The predicted molar refractivity (Wildman–Crippen MR) is 73.2 cm³/mol. The first-order valence-electron chi connectivity index (χ1n) is 5.97.